The summed E-state index contributed by atoms with van der Waals surface area (Å²) in [6, 6.07) is 12.6. The van der Waals surface area contributed by atoms with E-state index in [9.17, 15) is 4.79 Å². The van der Waals surface area contributed by atoms with Gasteiger partial charge in [0.25, 0.3) is 0 Å². The van der Waals surface area contributed by atoms with Gasteiger partial charge in [-0.15, -0.1) is 0 Å². The Bertz CT molecular complexity index is 672. The molecule has 2 aromatic carbocycles. The molecule has 0 fully saturated rings. The van der Waals surface area contributed by atoms with Crippen molar-refractivity contribution in [2.75, 3.05) is 21.3 Å². The summed E-state index contributed by atoms with van der Waals surface area (Å²) in [4.78, 5) is 12.3. The molecular weight excluding hydrogens is 281 g/mol. The number of ketones is 1. The summed E-state index contributed by atoms with van der Waals surface area (Å²) in [6.45, 7) is 0. The van der Waals surface area contributed by atoms with E-state index >= 15 is 0 Å². The minimum atomic E-state index is -0.129. The molecule has 0 aliphatic rings. The van der Waals surface area contributed by atoms with Crippen molar-refractivity contribution in [2.45, 2.75) is 0 Å². The fourth-order valence-electron chi connectivity index (χ4n) is 1.98. The van der Waals surface area contributed by atoms with Gasteiger partial charge in [0, 0.05) is 6.07 Å². The highest BCUT2D eigenvalue weighted by Gasteiger charge is 2.10. The summed E-state index contributed by atoms with van der Waals surface area (Å²) in [5.41, 5.74) is 1.41. The zero-order chi connectivity index (χ0) is 15.9. The van der Waals surface area contributed by atoms with Gasteiger partial charge in [0.05, 0.1) is 26.9 Å². The third kappa shape index (κ3) is 3.67. The fourth-order valence-corrected chi connectivity index (χ4v) is 1.98. The lowest BCUT2D eigenvalue weighted by atomic mass is 10.2. The molecule has 22 heavy (non-hydrogen) atoms. The maximum atomic E-state index is 12.3. The first kappa shape index (κ1) is 15.6. The van der Waals surface area contributed by atoms with Gasteiger partial charge >= 0.3 is 0 Å². The standard InChI is InChI=1S/C18H18O4/c1-20-14-7-4-13(5-8-14)6-11-17(19)16-10-9-15(21-2)12-18(16)22-3/h4-12H,1-3H3/b11-6+/i17+1. The molecule has 2 rings (SSSR count). The van der Waals surface area contributed by atoms with E-state index in [1.807, 2.05) is 24.3 Å². The van der Waals surface area contributed by atoms with Crippen LogP contribution in [0.1, 0.15) is 15.9 Å². The topological polar surface area (TPSA) is 44.8 Å². The molecule has 0 aliphatic heterocycles. The van der Waals surface area contributed by atoms with Gasteiger partial charge in [0.2, 0.25) is 0 Å². The minimum Gasteiger partial charge on any atom is -0.497 e. The van der Waals surface area contributed by atoms with Crippen LogP contribution in [-0.4, -0.2) is 27.1 Å². The van der Waals surface area contributed by atoms with Gasteiger partial charge in [-0.1, -0.05) is 18.2 Å². The molecule has 114 valence electrons. The lowest BCUT2D eigenvalue weighted by Gasteiger charge is -2.07. The van der Waals surface area contributed by atoms with Crippen LogP contribution >= 0.6 is 0 Å². The molecule has 0 N–H and O–H groups in total. The molecule has 0 unspecified atom stereocenters. The summed E-state index contributed by atoms with van der Waals surface area (Å²) in [5.74, 6) is 1.78. The van der Waals surface area contributed by atoms with Crippen molar-refractivity contribution in [3.8, 4) is 17.2 Å². The summed E-state index contributed by atoms with van der Waals surface area (Å²) in [5, 5.41) is 0. The molecule has 2 aromatic rings. The summed E-state index contributed by atoms with van der Waals surface area (Å²) in [6.07, 6.45) is 3.28. The number of hydrogen-bond donors (Lipinski definition) is 0. The van der Waals surface area contributed by atoms with E-state index in [0.29, 0.717) is 17.1 Å². The van der Waals surface area contributed by atoms with Gasteiger partial charge < -0.3 is 14.2 Å². The van der Waals surface area contributed by atoms with Crippen molar-refractivity contribution in [1.82, 2.24) is 0 Å². The Morgan fingerprint density at radius 3 is 2.09 bits per heavy atom. The first-order valence-corrected chi connectivity index (χ1v) is 6.76. The first-order valence-electron chi connectivity index (χ1n) is 6.76. The maximum absolute atomic E-state index is 12.3. The average Bonchev–Trinajstić information content (AvgIpc) is 2.59. The van der Waals surface area contributed by atoms with Gasteiger partial charge in [-0.25, -0.2) is 0 Å². The number of carbonyl (C=O) groups is 1. The van der Waals surface area contributed by atoms with E-state index in [2.05, 4.69) is 0 Å². The van der Waals surface area contributed by atoms with Crippen LogP contribution in [0.25, 0.3) is 6.08 Å². The highest BCUT2D eigenvalue weighted by Crippen LogP contribution is 2.25. The highest BCUT2D eigenvalue weighted by molar-refractivity contribution is 6.08. The van der Waals surface area contributed by atoms with Crippen molar-refractivity contribution < 1.29 is 19.0 Å². The summed E-state index contributed by atoms with van der Waals surface area (Å²) in [7, 11) is 4.71. The predicted molar refractivity (Wildman–Crippen MR) is 85.9 cm³/mol. The molecule has 0 aromatic heterocycles. The second kappa shape index (κ2) is 7.31. The normalized spacial score (nSPS) is 10.5. The number of hydrogen-bond acceptors (Lipinski definition) is 4. The largest absolute Gasteiger partial charge is 0.497 e. The SMILES string of the molecule is COc1ccc(/C=C/[13C](=O)c2ccc(OC)cc2OC)cc1. The Labute approximate surface area is 129 Å². The summed E-state index contributed by atoms with van der Waals surface area (Å²) < 4.78 is 15.5. The van der Waals surface area contributed by atoms with Gasteiger partial charge in [-0.05, 0) is 35.9 Å². The van der Waals surface area contributed by atoms with Crippen molar-refractivity contribution in [3.63, 3.8) is 0 Å². The molecule has 0 radical (unpaired) electrons. The molecule has 4 nitrogen and oxygen atoms in total. The summed E-state index contributed by atoms with van der Waals surface area (Å²) >= 11 is 0. The molecule has 0 atom stereocenters. The Hall–Kier alpha value is -2.75. The molecule has 0 heterocycles. The van der Waals surface area contributed by atoms with Gasteiger partial charge in [0.15, 0.2) is 5.78 Å². The Morgan fingerprint density at radius 1 is 0.864 bits per heavy atom. The van der Waals surface area contributed by atoms with Crippen LogP contribution < -0.4 is 14.2 Å². The van der Waals surface area contributed by atoms with Gasteiger partial charge in [-0.3, -0.25) is 4.79 Å². The molecular formula is C18H18O4. The van der Waals surface area contributed by atoms with Crippen molar-refractivity contribution in [3.05, 3.63) is 59.7 Å². The van der Waals surface area contributed by atoms with E-state index in [-0.39, 0.29) is 5.78 Å². The molecule has 0 amide bonds. The molecule has 0 spiro atoms. The third-order valence-electron chi connectivity index (χ3n) is 3.22. The zero-order valence-corrected chi connectivity index (χ0v) is 12.8. The molecule has 0 bridgehead atoms. The van der Waals surface area contributed by atoms with E-state index in [1.54, 1.807) is 38.5 Å². The van der Waals surface area contributed by atoms with Crippen molar-refractivity contribution in [2.24, 2.45) is 0 Å². The lowest BCUT2D eigenvalue weighted by molar-refractivity contribution is 0.104. The predicted octanol–water partition coefficient (Wildman–Crippen LogP) is 3.61. The van der Waals surface area contributed by atoms with Gasteiger partial charge in [-0.2, -0.15) is 0 Å². The Kier molecular flexibility index (Phi) is 5.20. The second-order valence-electron chi connectivity index (χ2n) is 4.54. The van der Waals surface area contributed by atoms with Crippen LogP contribution in [0.3, 0.4) is 0 Å². The molecule has 0 saturated carbocycles. The second-order valence-corrected chi connectivity index (χ2v) is 4.54. The van der Waals surface area contributed by atoms with Crippen LogP contribution in [0.5, 0.6) is 17.2 Å². The van der Waals surface area contributed by atoms with E-state index < -0.39 is 0 Å². The number of methoxy groups -OCH3 is 3. The average molecular weight is 299 g/mol. The molecule has 0 aliphatic carbocycles. The molecule has 4 heteroatoms. The van der Waals surface area contributed by atoms with Crippen LogP contribution in [0.15, 0.2) is 48.5 Å². The zero-order valence-electron chi connectivity index (χ0n) is 12.8. The number of benzene rings is 2. The van der Waals surface area contributed by atoms with Crippen LogP contribution in [-0.2, 0) is 0 Å². The smallest absolute Gasteiger partial charge is 0.189 e. The monoisotopic (exact) mass is 299 g/mol. The third-order valence-corrected chi connectivity index (χ3v) is 3.22. The van der Waals surface area contributed by atoms with E-state index in [4.69, 9.17) is 14.2 Å². The Balaban J connectivity index is 2.18. The maximum Gasteiger partial charge on any atom is 0.189 e. The van der Waals surface area contributed by atoms with Crippen LogP contribution in [0, 0.1) is 0 Å². The van der Waals surface area contributed by atoms with Crippen molar-refractivity contribution in [1.29, 1.82) is 0 Å². The van der Waals surface area contributed by atoms with Gasteiger partial charge in [0.1, 0.15) is 17.2 Å². The quantitative estimate of drug-likeness (QED) is 0.464. The Morgan fingerprint density at radius 2 is 1.50 bits per heavy atom. The minimum absolute atomic E-state index is 0.129. The number of ether oxygens (including phenoxy) is 3. The molecule has 0 saturated heterocycles. The van der Waals surface area contributed by atoms with Crippen LogP contribution in [0.4, 0.5) is 0 Å². The highest BCUT2D eigenvalue weighted by atomic mass is 16.5. The van der Waals surface area contributed by atoms with Crippen molar-refractivity contribution >= 4 is 11.9 Å². The first-order chi connectivity index (χ1) is 10.7. The van der Waals surface area contributed by atoms with E-state index in [1.165, 1.54) is 13.2 Å². The van der Waals surface area contributed by atoms with E-state index in [0.717, 1.165) is 11.3 Å². The number of carbonyl (C=O) groups excluding carboxylic acids is 1. The number of allylic oxidation sites excluding steroid dienone is 1. The van der Waals surface area contributed by atoms with Crippen LogP contribution in [0.2, 0.25) is 0 Å². The fraction of sp³-hybridized carbons (Fsp3) is 0.167. The number of rotatable bonds is 6. The lowest BCUT2D eigenvalue weighted by Crippen LogP contribution is -1.99.